The minimum atomic E-state index is -1.16. The number of nitrogens with zero attached hydrogens (tertiary/aromatic N) is 5. The monoisotopic (exact) mass is 448 g/mol. The Bertz CT molecular complexity index is 722. The lowest BCUT2D eigenvalue weighted by atomic mass is 10.1. The number of carboxylic acid groups (broad SMARTS) is 1. The summed E-state index contributed by atoms with van der Waals surface area (Å²) in [5, 5.41) is 29.8. The highest BCUT2D eigenvalue weighted by Gasteiger charge is 2.50. The summed E-state index contributed by atoms with van der Waals surface area (Å²) in [6, 6.07) is -1.30. The van der Waals surface area contributed by atoms with Crippen LogP contribution in [0.5, 0.6) is 0 Å². The molecule has 5 N–H and O–H groups in total. The van der Waals surface area contributed by atoms with Crippen LogP contribution in [0.4, 0.5) is 0 Å². The Morgan fingerprint density at radius 1 is 1.45 bits per heavy atom. The molecular weight excluding hydrogens is 424 g/mol. The Morgan fingerprint density at radius 3 is 2.83 bits per heavy atom. The van der Waals surface area contributed by atoms with Crippen LogP contribution in [-0.2, 0) is 9.53 Å². The molecule has 162 valence electrons. The number of carboxylic acids is 1. The van der Waals surface area contributed by atoms with Crippen LogP contribution < -0.4 is 5.73 Å². The second-order valence-corrected chi connectivity index (χ2v) is 8.68. The van der Waals surface area contributed by atoms with E-state index in [-0.39, 0.29) is 11.3 Å². The van der Waals surface area contributed by atoms with Crippen molar-refractivity contribution >= 4 is 46.8 Å². The van der Waals surface area contributed by atoms with Gasteiger partial charge in [0.25, 0.3) is 0 Å². The number of fused-ring (bicyclic) bond motifs is 1. The summed E-state index contributed by atoms with van der Waals surface area (Å²) in [4.78, 5) is 27.2. The van der Waals surface area contributed by atoms with Crippen LogP contribution in [0.2, 0.25) is 0 Å². The van der Waals surface area contributed by atoms with Gasteiger partial charge in [-0.3, -0.25) is 9.79 Å². The van der Waals surface area contributed by atoms with Gasteiger partial charge in [0.05, 0.1) is 12.4 Å². The molecule has 0 aromatic rings. The van der Waals surface area contributed by atoms with Crippen LogP contribution in [0.25, 0.3) is 0 Å². The SMILES string of the molecule is CN(C)C1=NC(Cl)=NC2C1N=CN2[C@@H]1O[C@H](CSCCC(N)C(=O)O)[C@@H](O)[C@H]1O. The zero-order valence-electron chi connectivity index (χ0n) is 16.0. The summed E-state index contributed by atoms with van der Waals surface area (Å²) in [5.41, 5.74) is 5.48. The predicted octanol–water partition coefficient (Wildman–Crippen LogP) is -1.42. The first kappa shape index (κ1) is 22.2. The lowest BCUT2D eigenvalue weighted by Crippen LogP contribution is -2.52. The average molecular weight is 449 g/mol. The van der Waals surface area contributed by atoms with E-state index < -0.39 is 42.7 Å². The van der Waals surface area contributed by atoms with Gasteiger partial charge >= 0.3 is 5.97 Å². The topological polar surface area (TPSA) is 157 Å². The van der Waals surface area contributed by atoms with Gasteiger partial charge in [-0.2, -0.15) is 11.8 Å². The van der Waals surface area contributed by atoms with Crippen molar-refractivity contribution < 1.29 is 24.9 Å². The summed E-state index contributed by atoms with van der Waals surface area (Å²) in [5.74, 6) is 0.477. The molecule has 11 nitrogen and oxygen atoms in total. The van der Waals surface area contributed by atoms with Crippen LogP contribution in [0, 0.1) is 0 Å². The zero-order chi connectivity index (χ0) is 21.3. The Labute approximate surface area is 177 Å². The lowest BCUT2D eigenvalue weighted by Gasteiger charge is -2.34. The molecule has 0 aromatic carbocycles. The van der Waals surface area contributed by atoms with Crippen LogP contribution in [0.1, 0.15) is 6.42 Å². The first-order chi connectivity index (χ1) is 13.7. The maximum atomic E-state index is 10.8. The summed E-state index contributed by atoms with van der Waals surface area (Å²) in [6.07, 6.45) is -2.42. The molecule has 3 unspecified atom stereocenters. The van der Waals surface area contributed by atoms with Crippen molar-refractivity contribution in [2.75, 3.05) is 25.6 Å². The molecule has 0 spiro atoms. The van der Waals surface area contributed by atoms with Gasteiger partial charge in [-0.05, 0) is 23.8 Å². The molecule has 0 saturated carbocycles. The third kappa shape index (κ3) is 4.67. The minimum Gasteiger partial charge on any atom is -0.480 e. The number of thioether (sulfide) groups is 1. The van der Waals surface area contributed by atoms with Gasteiger partial charge in [-0.15, -0.1) is 0 Å². The van der Waals surface area contributed by atoms with E-state index in [1.165, 1.54) is 18.1 Å². The molecule has 7 atom stereocenters. The van der Waals surface area contributed by atoms with E-state index in [1.807, 2.05) is 14.1 Å². The van der Waals surface area contributed by atoms with Crippen LogP contribution in [0.3, 0.4) is 0 Å². The minimum absolute atomic E-state index is 0.0837. The summed E-state index contributed by atoms with van der Waals surface area (Å²) in [6.45, 7) is 0. The van der Waals surface area contributed by atoms with E-state index >= 15 is 0 Å². The van der Waals surface area contributed by atoms with E-state index in [2.05, 4.69) is 15.0 Å². The third-order valence-corrected chi connectivity index (χ3v) is 6.19. The van der Waals surface area contributed by atoms with Crippen LogP contribution >= 0.6 is 23.4 Å². The predicted molar refractivity (Wildman–Crippen MR) is 111 cm³/mol. The molecule has 1 fully saturated rings. The fraction of sp³-hybridized carbons (Fsp3) is 0.750. The molecule has 3 heterocycles. The molecule has 0 radical (unpaired) electrons. The number of halogens is 1. The smallest absolute Gasteiger partial charge is 0.320 e. The molecule has 29 heavy (non-hydrogen) atoms. The molecule has 0 aromatic heterocycles. The maximum Gasteiger partial charge on any atom is 0.320 e. The van der Waals surface area contributed by atoms with Crippen molar-refractivity contribution in [3.05, 3.63) is 0 Å². The zero-order valence-corrected chi connectivity index (χ0v) is 17.6. The Hall–Kier alpha value is -1.44. The third-order valence-electron chi connectivity index (χ3n) is 4.92. The Kier molecular flexibility index (Phi) is 7.02. The molecular formula is C16H25ClN6O5S. The fourth-order valence-electron chi connectivity index (χ4n) is 3.32. The highest BCUT2D eigenvalue weighted by Crippen LogP contribution is 2.32. The number of hydrogen-bond donors (Lipinski definition) is 4. The van der Waals surface area contributed by atoms with E-state index in [9.17, 15) is 15.0 Å². The molecule has 0 aliphatic carbocycles. The molecule has 0 amide bonds. The van der Waals surface area contributed by atoms with Crippen LogP contribution in [-0.4, -0.2) is 117 Å². The number of amidine groups is 2. The van der Waals surface area contributed by atoms with Gasteiger partial charge in [0, 0.05) is 19.8 Å². The first-order valence-corrected chi connectivity index (χ1v) is 10.6. The number of likely N-dealkylation sites (N-methyl/N-ethyl adjacent to an activating group) is 1. The second-order valence-electron chi connectivity index (χ2n) is 7.19. The Balaban J connectivity index is 1.60. The van der Waals surface area contributed by atoms with Gasteiger partial charge in [0.1, 0.15) is 30.1 Å². The number of ether oxygens (including phenoxy) is 1. The number of carbonyl (C=O) groups is 1. The van der Waals surface area contributed by atoms with Crippen LogP contribution in [0.15, 0.2) is 15.0 Å². The number of aliphatic carboxylic acids is 1. The fourth-order valence-corrected chi connectivity index (χ4v) is 4.60. The molecule has 0 bridgehead atoms. The number of aliphatic hydroxyl groups is 2. The molecule has 3 aliphatic rings. The number of nitrogens with two attached hydrogens (primary N) is 1. The van der Waals surface area contributed by atoms with Gasteiger partial charge in [-0.1, -0.05) is 0 Å². The number of aliphatic hydroxyl groups excluding tert-OH is 2. The van der Waals surface area contributed by atoms with Gasteiger partial charge in [0.2, 0.25) is 5.29 Å². The normalized spacial score (nSPS) is 34.6. The van der Waals surface area contributed by atoms with Gasteiger partial charge in [0.15, 0.2) is 12.4 Å². The molecule has 13 heteroatoms. The van der Waals surface area contributed by atoms with E-state index in [0.717, 1.165) is 0 Å². The quantitative estimate of drug-likeness (QED) is 0.271. The number of rotatable bonds is 7. The summed E-state index contributed by atoms with van der Waals surface area (Å²) < 4.78 is 5.90. The number of aliphatic imine (C=N–C) groups is 3. The van der Waals surface area contributed by atoms with Gasteiger partial charge < -0.3 is 35.6 Å². The van der Waals surface area contributed by atoms with E-state index in [4.69, 9.17) is 27.2 Å². The van der Waals surface area contributed by atoms with Crippen molar-refractivity contribution in [2.45, 2.75) is 49.2 Å². The number of hydrogen-bond acceptors (Lipinski definition) is 11. The van der Waals surface area contributed by atoms with Crippen molar-refractivity contribution in [3.63, 3.8) is 0 Å². The molecule has 1 saturated heterocycles. The first-order valence-electron chi connectivity index (χ1n) is 9.08. The maximum absolute atomic E-state index is 10.8. The van der Waals surface area contributed by atoms with E-state index in [1.54, 1.807) is 9.80 Å². The highest BCUT2D eigenvalue weighted by atomic mass is 35.5. The largest absolute Gasteiger partial charge is 0.480 e. The Morgan fingerprint density at radius 2 is 2.17 bits per heavy atom. The molecule has 3 rings (SSSR count). The lowest BCUT2D eigenvalue weighted by molar-refractivity contribution is -0.138. The highest BCUT2D eigenvalue weighted by molar-refractivity contribution is 7.99. The van der Waals surface area contributed by atoms with Crippen molar-refractivity contribution in [1.29, 1.82) is 0 Å². The van der Waals surface area contributed by atoms with Crippen molar-refractivity contribution in [3.8, 4) is 0 Å². The average Bonchev–Trinajstić information content (AvgIpc) is 3.19. The van der Waals surface area contributed by atoms with Gasteiger partial charge in [-0.25, -0.2) is 9.98 Å². The standard InChI is InChI=1S/C16H25ClN6O5S/c1-22(2)12-9-13(21-16(17)20-12)23(6-19-9)14-11(25)10(24)8(28-14)5-29-4-3-7(18)15(26)27/h6-11,13-14,24-25H,3-5,18H2,1-2H3,(H,26,27)/t7?,8-,9?,10-,11-,13?,14-/m1/s1. The molecule has 3 aliphatic heterocycles. The summed E-state index contributed by atoms with van der Waals surface area (Å²) >= 11 is 7.47. The second kappa shape index (κ2) is 9.14. The van der Waals surface area contributed by atoms with Crippen molar-refractivity contribution in [2.24, 2.45) is 20.7 Å². The summed E-state index contributed by atoms with van der Waals surface area (Å²) in [7, 11) is 3.66. The van der Waals surface area contributed by atoms with Crippen molar-refractivity contribution in [1.82, 2.24) is 9.80 Å². The van der Waals surface area contributed by atoms with E-state index in [0.29, 0.717) is 23.8 Å².